The predicted octanol–water partition coefficient (Wildman–Crippen LogP) is 2.32. The maximum atomic E-state index is 11.4. The highest BCUT2D eigenvalue weighted by atomic mass is 32.1. The summed E-state index contributed by atoms with van der Waals surface area (Å²) >= 11 is 4.20. The highest BCUT2D eigenvalue weighted by Gasteiger charge is 2.08. The van der Waals surface area contributed by atoms with E-state index in [0.717, 1.165) is 18.8 Å². The van der Waals surface area contributed by atoms with Gasteiger partial charge in [-0.2, -0.15) is 12.6 Å². The first-order valence-corrected chi connectivity index (χ1v) is 7.41. The van der Waals surface area contributed by atoms with Crippen LogP contribution >= 0.6 is 12.6 Å². The van der Waals surface area contributed by atoms with E-state index in [4.69, 9.17) is 0 Å². The molecule has 1 N–H and O–H groups in total. The van der Waals surface area contributed by atoms with E-state index in [1.807, 2.05) is 0 Å². The van der Waals surface area contributed by atoms with Crippen LogP contribution in [0.3, 0.4) is 0 Å². The van der Waals surface area contributed by atoms with Crippen molar-refractivity contribution in [2.75, 3.05) is 32.4 Å². The van der Waals surface area contributed by atoms with Gasteiger partial charge in [-0.05, 0) is 38.1 Å². The van der Waals surface area contributed by atoms with Crippen LogP contribution in [-0.2, 0) is 4.79 Å². The van der Waals surface area contributed by atoms with Crippen molar-refractivity contribution in [1.82, 2.24) is 10.2 Å². The Morgan fingerprint density at radius 1 is 1.12 bits per heavy atom. The summed E-state index contributed by atoms with van der Waals surface area (Å²) < 4.78 is 0. The van der Waals surface area contributed by atoms with E-state index in [1.165, 1.54) is 38.5 Å². The van der Waals surface area contributed by atoms with Crippen LogP contribution < -0.4 is 5.32 Å². The van der Waals surface area contributed by atoms with E-state index in [9.17, 15) is 4.79 Å². The van der Waals surface area contributed by atoms with E-state index in [2.05, 4.69) is 29.8 Å². The molecule has 0 aliphatic rings. The molecule has 102 valence electrons. The van der Waals surface area contributed by atoms with Crippen LogP contribution in [0.4, 0.5) is 0 Å². The zero-order valence-electron chi connectivity index (χ0n) is 11.4. The van der Waals surface area contributed by atoms with Gasteiger partial charge in [-0.3, -0.25) is 9.69 Å². The van der Waals surface area contributed by atoms with Crippen LogP contribution in [0.1, 0.15) is 45.4 Å². The van der Waals surface area contributed by atoms with Gasteiger partial charge in [0.15, 0.2) is 0 Å². The molecule has 0 heterocycles. The van der Waals surface area contributed by atoms with E-state index in [-0.39, 0.29) is 5.91 Å². The molecule has 0 aromatic carbocycles. The Morgan fingerprint density at radius 3 is 2.35 bits per heavy atom. The molecule has 0 radical (unpaired) electrons. The fourth-order valence-electron chi connectivity index (χ4n) is 1.73. The molecule has 0 aliphatic carbocycles. The summed E-state index contributed by atoms with van der Waals surface area (Å²) in [7, 11) is 1.70. The van der Waals surface area contributed by atoms with Gasteiger partial charge in [0, 0.05) is 7.05 Å². The summed E-state index contributed by atoms with van der Waals surface area (Å²) in [6, 6.07) is 0. The normalized spacial score (nSPS) is 10.8. The van der Waals surface area contributed by atoms with Crippen LogP contribution in [0.25, 0.3) is 0 Å². The van der Waals surface area contributed by atoms with Crippen molar-refractivity contribution >= 4 is 18.5 Å². The Bertz CT molecular complexity index is 188. The lowest BCUT2D eigenvalue weighted by atomic mass is 10.2. The minimum atomic E-state index is 0.122. The molecule has 17 heavy (non-hydrogen) atoms. The average molecular weight is 260 g/mol. The van der Waals surface area contributed by atoms with Gasteiger partial charge in [-0.1, -0.05) is 26.2 Å². The number of nitrogens with one attached hydrogen (secondary N) is 1. The fraction of sp³-hybridized carbons (Fsp3) is 0.923. The number of unbranched alkanes of at least 4 members (excludes halogenated alkanes) is 4. The predicted molar refractivity (Wildman–Crippen MR) is 77.7 cm³/mol. The third-order valence-electron chi connectivity index (χ3n) is 2.86. The molecule has 3 nitrogen and oxygen atoms in total. The quantitative estimate of drug-likeness (QED) is 0.441. The number of hydrogen-bond acceptors (Lipinski definition) is 3. The lowest BCUT2D eigenvalue weighted by Crippen LogP contribution is -2.36. The first-order valence-electron chi connectivity index (χ1n) is 6.78. The number of hydrogen-bond donors (Lipinski definition) is 2. The lowest BCUT2D eigenvalue weighted by molar-refractivity contribution is -0.121. The summed E-state index contributed by atoms with van der Waals surface area (Å²) in [4.78, 5) is 13.6. The van der Waals surface area contributed by atoms with Crippen molar-refractivity contribution in [3.05, 3.63) is 0 Å². The molecule has 0 atom stereocenters. The van der Waals surface area contributed by atoms with E-state index in [0.29, 0.717) is 6.54 Å². The number of nitrogens with zero attached hydrogens (tertiary/aromatic N) is 1. The largest absolute Gasteiger partial charge is 0.358 e. The molecule has 0 aliphatic heterocycles. The second-order valence-electron chi connectivity index (χ2n) is 4.44. The third-order valence-corrected chi connectivity index (χ3v) is 3.17. The molecular formula is C13H28N2OS. The molecule has 0 saturated carbocycles. The first-order chi connectivity index (χ1) is 8.24. The Kier molecular flexibility index (Phi) is 12.1. The topological polar surface area (TPSA) is 32.3 Å². The standard InChI is InChI=1S/C13H28N2OS/c1-3-4-9-15(12-13(16)14-2)10-7-5-6-8-11-17/h17H,3-12H2,1-2H3,(H,14,16). The Morgan fingerprint density at radius 2 is 1.76 bits per heavy atom. The fourth-order valence-corrected chi connectivity index (χ4v) is 1.96. The molecule has 0 aromatic heterocycles. The molecule has 0 rings (SSSR count). The van der Waals surface area contributed by atoms with Gasteiger partial charge < -0.3 is 5.32 Å². The SMILES string of the molecule is CCCCN(CCCCCCS)CC(=O)NC. The second kappa shape index (κ2) is 12.2. The summed E-state index contributed by atoms with van der Waals surface area (Å²) in [5, 5.41) is 2.69. The maximum absolute atomic E-state index is 11.4. The second-order valence-corrected chi connectivity index (χ2v) is 4.89. The number of thiol groups is 1. The van der Waals surface area contributed by atoms with Crippen LogP contribution in [-0.4, -0.2) is 43.2 Å². The highest BCUT2D eigenvalue weighted by molar-refractivity contribution is 7.80. The van der Waals surface area contributed by atoms with Crippen molar-refractivity contribution < 1.29 is 4.79 Å². The number of amides is 1. The first kappa shape index (κ1) is 16.8. The number of carbonyl (C=O) groups excluding carboxylic acids is 1. The van der Waals surface area contributed by atoms with E-state index < -0.39 is 0 Å². The zero-order chi connectivity index (χ0) is 12.9. The summed E-state index contributed by atoms with van der Waals surface area (Å²) in [6.07, 6.45) is 7.25. The lowest BCUT2D eigenvalue weighted by Gasteiger charge is -2.21. The molecule has 1 amide bonds. The molecule has 4 heteroatoms. The molecule has 0 fully saturated rings. The van der Waals surface area contributed by atoms with Crippen LogP contribution in [0.2, 0.25) is 0 Å². The molecule has 0 aromatic rings. The third kappa shape index (κ3) is 10.6. The zero-order valence-corrected chi connectivity index (χ0v) is 12.3. The highest BCUT2D eigenvalue weighted by Crippen LogP contribution is 2.04. The summed E-state index contributed by atoms with van der Waals surface area (Å²) in [5.41, 5.74) is 0. The van der Waals surface area contributed by atoms with E-state index >= 15 is 0 Å². The van der Waals surface area contributed by atoms with Gasteiger partial charge in [0.25, 0.3) is 0 Å². The van der Waals surface area contributed by atoms with Crippen molar-refractivity contribution in [2.45, 2.75) is 45.4 Å². The van der Waals surface area contributed by atoms with Crippen LogP contribution in [0, 0.1) is 0 Å². The average Bonchev–Trinajstić information content (AvgIpc) is 2.35. The number of carbonyl (C=O) groups is 1. The number of rotatable bonds is 11. The van der Waals surface area contributed by atoms with Crippen LogP contribution in [0.15, 0.2) is 0 Å². The van der Waals surface area contributed by atoms with E-state index in [1.54, 1.807) is 7.05 Å². The van der Waals surface area contributed by atoms with Gasteiger partial charge in [0.2, 0.25) is 5.91 Å². The maximum Gasteiger partial charge on any atom is 0.233 e. The monoisotopic (exact) mass is 260 g/mol. The Labute approximate surface area is 112 Å². The minimum absolute atomic E-state index is 0.122. The molecular weight excluding hydrogens is 232 g/mol. The molecule has 0 saturated heterocycles. The minimum Gasteiger partial charge on any atom is -0.358 e. The smallest absolute Gasteiger partial charge is 0.233 e. The Balaban J connectivity index is 3.72. The molecule has 0 unspecified atom stereocenters. The molecule has 0 spiro atoms. The summed E-state index contributed by atoms with van der Waals surface area (Å²) in [5.74, 6) is 1.11. The van der Waals surface area contributed by atoms with Gasteiger partial charge in [-0.25, -0.2) is 0 Å². The van der Waals surface area contributed by atoms with Gasteiger partial charge >= 0.3 is 0 Å². The Hall–Kier alpha value is -0.220. The van der Waals surface area contributed by atoms with Gasteiger partial charge in [0.05, 0.1) is 6.54 Å². The van der Waals surface area contributed by atoms with Crippen molar-refractivity contribution in [1.29, 1.82) is 0 Å². The van der Waals surface area contributed by atoms with Gasteiger partial charge in [-0.15, -0.1) is 0 Å². The summed E-state index contributed by atoms with van der Waals surface area (Å²) in [6.45, 7) is 4.81. The van der Waals surface area contributed by atoms with Crippen molar-refractivity contribution in [2.24, 2.45) is 0 Å². The van der Waals surface area contributed by atoms with Gasteiger partial charge in [0.1, 0.15) is 0 Å². The van der Waals surface area contributed by atoms with Crippen molar-refractivity contribution in [3.8, 4) is 0 Å². The molecule has 0 bridgehead atoms. The van der Waals surface area contributed by atoms with Crippen LogP contribution in [0.5, 0.6) is 0 Å². The number of likely N-dealkylation sites (N-methyl/N-ethyl adjacent to an activating group) is 1. The van der Waals surface area contributed by atoms with Crippen molar-refractivity contribution in [3.63, 3.8) is 0 Å².